The summed E-state index contributed by atoms with van der Waals surface area (Å²) in [7, 11) is 0. The lowest BCUT2D eigenvalue weighted by Crippen LogP contribution is -1.98. The quantitative estimate of drug-likeness (QED) is 0.763. The van der Waals surface area contributed by atoms with Crippen LogP contribution < -0.4 is 0 Å². The van der Waals surface area contributed by atoms with Crippen molar-refractivity contribution in [2.24, 2.45) is 0 Å². The molecule has 0 aliphatic rings. The molecule has 0 spiro atoms. The van der Waals surface area contributed by atoms with Gasteiger partial charge in [0.2, 0.25) is 0 Å². The lowest BCUT2D eigenvalue weighted by atomic mass is 10.1. The van der Waals surface area contributed by atoms with Gasteiger partial charge in [0.1, 0.15) is 12.1 Å². The molecular weight excluding hydrogens is 195 g/mol. The highest BCUT2D eigenvalue weighted by molar-refractivity contribution is 6.30. The molecule has 0 saturated heterocycles. The summed E-state index contributed by atoms with van der Waals surface area (Å²) in [6.07, 6.45) is -0.320. The van der Waals surface area contributed by atoms with Crippen molar-refractivity contribution in [3.63, 3.8) is 0 Å². The zero-order chi connectivity index (χ0) is 9.84. The third kappa shape index (κ3) is 2.50. The maximum atomic E-state index is 12.7. The summed E-state index contributed by atoms with van der Waals surface area (Å²) in [5, 5.41) is 9.27. The number of aldehydes is 1. The zero-order valence-electron chi connectivity index (χ0n) is 6.71. The van der Waals surface area contributed by atoms with Crippen molar-refractivity contribution in [2.75, 3.05) is 0 Å². The molecule has 4 heteroatoms. The minimum Gasteiger partial charge on any atom is -0.388 e. The van der Waals surface area contributed by atoms with Crippen LogP contribution in [0.1, 0.15) is 18.1 Å². The number of rotatable bonds is 3. The molecule has 2 nitrogen and oxygen atoms in total. The number of halogens is 2. The molecule has 0 heterocycles. The minimum atomic E-state index is -0.907. The van der Waals surface area contributed by atoms with Crippen molar-refractivity contribution in [1.82, 2.24) is 0 Å². The number of aliphatic hydroxyl groups excluding tert-OH is 1. The number of hydrogen-bond acceptors (Lipinski definition) is 2. The highest BCUT2D eigenvalue weighted by Gasteiger charge is 2.08. The van der Waals surface area contributed by atoms with Crippen molar-refractivity contribution in [3.8, 4) is 0 Å². The molecule has 0 amide bonds. The molecule has 1 unspecified atom stereocenters. The number of carbonyl (C=O) groups is 1. The monoisotopic (exact) mass is 202 g/mol. The van der Waals surface area contributed by atoms with Gasteiger partial charge < -0.3 is 9.90 Å². The van der Waals surface area contributed by atoms with Gasteiger partial charge in [0.05, 0.1) is 11.1 Å². The van der Waals surface area contributed by atoms with Gasteiger partial charge >= 0.3 is 0 Å². The topological polar surface area (TPSA) is 37.3 Å². The fraction of sp³-hybridized carbons (Fsp3) is 0.222. The van der Waals surface area contributed by atoms with E-state index in [9.17, 15) is 14.3 Å². The summed E-state index contributed by atoms with van der Waals surface area (Å²) in [5.41, 5.74) is 0.443. The molecule has 0 aliphatic carbocycles. The first-order chi connectivity index (χ1) is 6.15. The van der Waals surface area contributed by atoms with Crippen molar-refractivity contribution < 1.29 is 14.3 Å². The number of benzene rings is 1. The molecule has 0 bridgehead atoms. The molecular formula is C9H8ClFO2. The Kier molecular flexibility index (Phi) is 3.39. The van der Waals surface area contributed by atoms with Crippen molar-refractivity contribution in [3.05, 3.63) is 34.6 Å². The van der Waals surface area contributed by atoms with E-state index < -0.39 is 11.9 Å². The standard InChI is InChI=1S/C9H8ClFO2/c10-7-5-6(1-2-8(7)11)9(13)3-4-12/h1-2,4-5,9,13H,3H2. The van der Waals surface area contributed by atoms with E-state index in [1.165, 1.54) is 12.1 Å². The van der Waals surface area contributed by atoms with Gasteiger partial charge in [-0.1, -0.05) is 17.7 Å². The van der Waals surface area contributed by atoms with Crippen LogP contribution in [0.3, 0.4) is 0 Å². The van der Waals surface area contributed by atoms with Gasteiger partial charge in [-0.25, -0.2) is 4.39 Å². The van der Waals surface area contributed by atoms with E-state index in [-0.39, 0.29) is 11.4 Å². The molecule has 13 heavy (non-hydrogen) atoms. The Balaban J connectivity index is 2.89. The summed E-state index contributed by atoms with van der Waals surface area (Å²) >= 11 is 5.48. The fourth-order valence-corrected chi connectivity index (χ4v) is 1.14. The second kappa shape index (κ2) is 4.35. The van der Waals surface area contributed by atoms with Crippen LogP contribution in [-0.4, -0.2) is 11.4 Å². The highest BCUT2D eigenvalue weighted by Crippen LogP contribution is 2.21. The molecule has 1 aromatic rings. The largest absolute Gasteiger partial charge is 0.388 e. The normalized spacial score (nSPS) is 12.5. The van der Waals surface area contributed by atoms with Crippen LogP contribution in [-0.2, 0) is 4.79 Å². The molecule has 1 aromatic carbocycles. The third-order valence-electron chi connectivity index (χ3n) is 1.65. The van der Waals surface area contributed by atoms with E-state index in [0.29, 0.717) is 11.8 Å². The van der Waals surface area contributed by atoms with Crippen LogP contribution in [0, 0.1) is 5.82 Å². The molecule has 1 N–H and O–H groups in total. The number of carbonyl (C=O) groups excluding carboxylic acids is 1. The van der Waals surface area contributed by atoms with E-state index in [4.69, 9.17) is 11.6 Å². The lowest BCUT2D eigenvalue weighted by molar-refractivity contribution is -0.109. The van der Waals surface area contributed by atoms with Crippen LogP contribution in [0.4, 0.5) is 4.39 Å². The Morgan fingerprint density at radius 2 is 2.31 bits per heavy atom. The summed E-state index contributed by atoms with van der Waals surface area (Å²) in [6, 6.07) is 3.87. The van der Waals surface area contributed by atoms with Gasteiger partial charge in [0.15, 0.2) is 0 Å². The Hall–Kier alpha value is -0.930. The number of aliphatic hydroxyl groups is 1. The predicted octanol–water partition coefficient (Wildman–Crippen LogP) is 2.10. The molecule has 0 aliphatic heterocycles. The first kappa shape index (κ1) is 10.2. The average Bonchev–Trinajstić information content (AvgIpc) is 2.10. The van der Waals surface area contributed by atoms with Gasteiger partial charge in [-0.05, 0) is 17.7 Å². The molecule has 0 aromatic heterocycles. The lowest BCUT2D eigenvalue weighted by Gasteiger charge is -2.07. The summed E-state index contributed by atoms with van der Waals surface area (Å²) in [4.78, 5) is 10.1. The maximum Gasteiger partial charge on any atom is 0.141 e. The van der Waals surface area contributed by atoms with E-state index in [0.717, 1.165) is 6.07 Å². The molecule has 1 atom stereocenters. The molecule has 0 fully saturated rings. The van der Waals surface area contributed by atoms with Gasteiger partial charge in [-0.3, -0.25) is 0 Å². The summed E-state index contributed by atoms with van der Waals surface area (Å²) in [6.45, 7) is 0. The number of hydrogen-bond donors (Lipinski definition) is 1. The Morgan fingerprint density at radius 1 is 1.62 bits per heavy atom. The first-order valence-electron chi connectivity index (χ1n) is 3.72. The average molecular weight is 203 g/mol. The van der Waals surface area contributed by atoms with Crippen LogP contribution in [0.5, 0.6) is 0 Å². The summed E-state index contributed by atoms with van der Waals surface area (Å²) in [5.74, 6) is -0.538. The van der Waals surface area contributed by atoms with Gasteiger partial charge in [0.25, 0.3) is 0 Å². The molecule has 0 saturated carbocycles. The van der Waals surface area contributed by atoms with Gasteiger partial charge in [-0.2, -0.15) is 0 Å². The van der Waals surface area contributed by atoms with Crippen molar-refractivity contribution in [1.29, 1.82) is 0 Å². The summed E-state index contributed by atoms with van der Waals surface area (Å²) < 4.78 is 12.7. The van der Waals surface area contributed by atoms with Crippen LogP contribution in [0.25, 0.3) is 0 Å². The Labute approximate surface area is 80.0 Å². The van der Waals surface area contributed by atoms with E-state index in [1.807, 2.05) is 0 Å². The van der Waals surface area contributed by atoms with Crippen LogP contribution >= 0.6 is 11.6 Å². The van der Waals surface area contributed by atoms with E-state index in [1.54, 1.807) is 0 Å². The first-order valence-corrected chi connectivity index (χ1v) is 4.09. The van der Waals surface area contributed by atoms with E-state index >= 15 is 0 Å². The van der Waals surface area contributed by atoms with Crippen LogP contribution in [0.2, 0.25) is 5.02 Å². The second-order valence-corrected chi connectivity index (χ2v) is 3.00. The second-order valence-electron chi connectivity index (χ2n) is 2.59. The molecule has 1 rings (SSSR count). The van der Waals surface area contributed by atoms with Crippen molar-refractivity contribution >= 4 is 17.9 Å². The third-order valence-corrected chi connectivity index (χ3v) is 1.94. The van der Waals surface area contributed by atoms with Gasteiger partial charge in [0, 0.05) is 6.42 Å². The Morgan fingerprint density at radius 3 is 2.85 bits per heavy atom. The SMILES string of the molecule is O=CCC(O)c1ccc(F)c(Cl)c1. The van der Waals surface area contributed by atoms with Gasteiger partial charge in [-0.15, -0.1) is 0 Å². The fourth-order valence-electron chi connectivity index (χ4n) is 0.947. The minimum absolute atomic E-state index is 0.0119. The van der Waals surface area contributed by atoms with Crippen LogP contribution in [0.15, 0.2) is 18.2 Å². The smallest absolute Gasteiger partial charge is 0.141 e. The van der Waals surface area contributed by atoms with Crippen molar-refractivity contribution in [2.45, 2.75) is 12.5 Å². The Bertz CT molecular complexity index is 314. The zero-order valence-corrected chi connectivity index (χ0v) is 7.46. The molecule has 0 radical (unpaired) electrons. The molecule has 70 valence electrons. The maximum absolute atomic E-state index is 12.7. The van der Waals surface area contributed by atoms with E-state index in [2.05, 4.69) is 0 Å². The predicted molar refractivity (Wildman–Crippen MR) is 47.1 cm³/mol. The highest BCUT2D eigenvalue weighted by atomic mass is 35.5.